The Morgan fingerprint density at radius 2 is 1.93 bits per heavy atom. The fourth-order valence-electron chi connectivity index (χ4n) is 5.01. The van der Waals surface area contributed by atoms with E-state index in [1.165, 1.54) is 15.9 Å². The molecule has 3 aromatic carbocycles. The topological polar surface area (TPSA) is 97.6 Å². The van der Waals surface area contributed by atoms with Crippen molar-refractivity contribution in [2.75, 3.05) is 20.5 Å². The molecule has 0 radical (unpaired) electrons. The van der Waals surface area contributed by atoms with E-state index in [-0.39, 0.29) is 25.6 Å². The van der Waals surface area contributed by atoms with Gasteiger partial charge in [0.1, 0.15) is 6.61 Å². The molecule has 0 amide bonds. The van der Waals surface area contributed by atoms with Crippen molar-refractivity contribution < 1.29 is 28.5 Å². The number of hydrogen-bond acceptors (Lipinski definition) is 9. The standard InChI is InChI=1S/C32H27ClN2O7S/c1-4-39-31(37)28-18(2)34-32-35(29(28)20-10-12-24-26(15-20)42-17-41-24)30(36)27(43-32)14-19-9-11-23(25(13-19)38-3)40-16-21-7-5-6-8-22(21)33/h5-15,29H,4,16-17H2,1-3H3/t29-/m0/s1. The van der Waals surface area contributed by atoms with Crippen LogP contribution in [-0.2, 0) is 16.1 Å². The molecule has 4 aromatic rings. The SMILES string of the molecule is CCOC(=O)C1=C(C)N=c2sc(=Cc3ccc(OCc4ccccc4Cl)c(OC)c3)c(=O)n2[C@H]1c1ccc2c(c1)OCO2. The molecule has 11 heteroatoms. The van der Waals surface area contributed by atoms with Crippen LogP contribution in [0.1, 0.15) is 36.6 Å². The Bertz CT molecular complexity index is 1950. The summed E-state index contributed by atoms with van der Waals surface area (Å²) in [5, 5.41) is 0.619. The predicted octanol–water partition coefficient (Wildman–Crippen LogP) is 4.77. The fourth-order valence-corrected chi connectivity index (χ4v) is 6.24. The van der Waals surface area contributed by atoms with Crippen molar-refractivity contribution in [2.45, 2.75) is 26.5 Å². The smallest absolute Gasteiger partial charge is 0.338 e. The number of halogens is 1. The number of hydrogen-bond donors (Lipinski definition) is 0. The number of aromatic nitrogens is 1. The first-order chi connectivity index (χ1) is 20.9. The molecule has 1 atom stereocenters. The molecule has 43 heavy (non-hydrogen) atoms. The lowest BCUT2D eigenvalue weighted by Gasteiger charge is -2.24. The molecule has 1 aromatic heterocycles. The second-order valence-corrected chi connectivity index (χ2v) is 11.1. The van der Waals surface area contributed by atoms with Gasteiger partial charge in [0, 0.05) is 10.6 Å². The third-order valence-electron chi connectivity index (χ3n) is 7.06. The molecule has 2 aliphatic heterocycles. The number of rotatable bonds is 8. The van der Waals surface area contributed by atoms with Gasteiger partial charge in [-0.1, -0.05) is 53.3 Å². The zero-order chi connectivity index (χ0) is 30.1. The van der Waals surface area contributed by atoms with Gasteiger partial charge in [0.15, 0.2) is 27.8 Å². The molecule has 0 N–H and O–H groups in total. The third kappa shape index (κ3) is 5.51. The number of allylic oxidation sites excluding steroid dienone is 1. The number of fused-ring (bicyclic) bond motifs is 2. The fraction of sp³-hybridized carbons (Fsp3) is 0.219. The maximum Gasteiger partial charge on any atom is 0.338 e. The molecule has 0 saturated heterocycles. The highest BCUT2D eigenvalue weighted by Gasteiger charge is 2.34. The minimum Gasteiger partial charge on any atom is -0.493 e. The van der Waals surface area contributed by atoms with Gasteiger partial charge in [-0.3, -0.25) is 9.36 Å². The van der Waals surface area contributed by atoms with Gasteiger partial charge in [0.25, 0.3) is 5.56 Å². The van der Waals surface area contributed by atoms with Crippen molar-refractivity contribution in [1.29, 1.82) is 0 Å². The summed E-state index contributed by atoms with van der Waals surface area (Å²) in [6, 6.07) is 17.5. The average Bonchev–Trinajstić information content (AvgIpc) is 3.59. The molecular formula is C32H27ClN2O7S. The van der Waals surface area contributed by atoms with Gasteiger partial charge in [0.05, 0.1) is 35.6 Å². The normalized spacial score (nSPS) is 15.6. The van der Waals surface area contributed by atoms with Crippen molar-refractivity contribution in [3.05, 3.63) is 113 Å². The summed E-state index contributed by atoms with van der Waals surface area (Å²) in [7, 11) is 1.56. The number of carbonyl (C=O) groups is 1. The van der Waals surface area contributed by atoms with Gasteiger partial charge in [0.2, 0.25) is 6.79 Å². The van der Waals surface area contributed by atoms with Gasteiger partial charge in [-0.25, -0.2) is 9.79 Å². The lowest BCUT2D eigenvalue weighted by molar-refractivity contribution is -0.139. The largest absolute Gasteiger partial charge is 0.493 e. The number of esters is 1. The number of benzene rings is 3. The summed E-state index contributed by atoms with van der Waals surface area (Å²) in [4.78, 5) is 32.2. The Morgan fingerprint density at radius 1 is 1.12 bits per heavy atom. The summed E-state index contributed by atoms with van der Waals surface area (Å²) in [5.41, 5.74) is 2.74. The van der Waals surface area contributed by atoms with Crippen molar-refractivity contribution in [3.8, 4) is 23.0 Å². The monoisotopic (exact) mass is 618 g/mol. The molecule has 6 rings (SSSR count). The van der Waals surface area contributed by atoms with E-state index < -0.39 is 12.0 Å². The molecule has 0 unspecified atom stereocenters. The summed E-state index contributed by atoms with van der Waals surface area (Å²) in [6.45, 7) is 4.05. The molecule has 0 saturated carbocycles. The van der Waals surface area contributed by atoms with Crippen LogP contribution in [0.15, 0.2) is 81.7 Å². The van der Waals surface area contributed by atoms with Crippen molar-refractivity contribution in [3.63, 3.8) is 0 Å². The van der Waals surface area contributed by atoms with Crippen molar-refractivity contribution >= 4 is 35.0 Å². The first-order valence-electron chi connectivity index (χ1n) is 13.5. The minimum absolute atomic E-state index is 0.106. The maximum absolute atomic E-state index is 14.0. The van der Waals surface area contributed by atoms with E-state index in [0.29, 0.717) is 54.2 Å². The highest BCUT2D eigenvalue weighted by atomic mass is 35.5. The van der Waals surface area contributed by atoms with E-state index >= 15 is 0 Å². The average molecular weight is 619 g/mol. The number of nitrogens with zero attached hydrogens (tertiary/aromatic N) is 2. The molecule has 0 spiro atoms. The molecule has 0 fully saturated rings. The summed E-state index contributed by atoms with van der Waals surface area (Å²) < 4.78 is 30.0. The number of ether oxygens (including phenoxy) is 5. The van der Waals surface area contributed by atoms with Gasteiger partial charge < -0.3 is 23.7 Å². The summed E-state index contributed by atoms with van der Waals surface area (Å²) in [5.74, 6) is 1.66. The van der Waals surface area contributed by atoms with E-state index in [2.05, 4.69) is 4.99 Å². The number of thiazole rings is 1. The van der Waals surface area contributed by atoms with Crippen LogP contribution in [0.5, 0.6) is 23.0 Å². The van der Waals surface area contributed by atoms with Crippen molar-refractivity contribution in [2.24, 2.45) is 4.99 Å². The molecule has 0 bridgehead atoms. The predicted molar refractivity (Wildman–Crippen MR) is 162 cm³/mol. The summed E-state index contributed by atoms with van der Waals surface area (Å²) in [6.07, 6.45) is 1.77. The molecule has 3 heterocycles. The van der Waals surface area contributed by atoms with E-state index in [9.17, 15) is 9.59 Å². The molecule has 9 nitrogen and oxygen atoms in total. The van der Waals surface area contributed by atoms with Crippen LogP contribution in [0.3, 0.4) is 0 Å². The summed E-state index contributed by atoms with van der Waals surface area (Å²) >= 11 is 7.51. The van der Waals surface area contributed by atoms with Crippen LogP contribution < -0.4 is 33.8 Å². The van der Waals surface area contributed by atoms with E-state index in [0.717, 1.165) is 11.1 Å². The molecule has 0 aliphatic carbocycles. The lowest BCUT2D eigenvalue weighted by Crippen LogP contribution is -2.39. The Hall–Kier alpha value is -4.54. The van der Waals surface area contributed by atoms with Crippen LogP contribution in [-0.4, -0.2) is 31.0 Å². The Kier molecular flexibility index (Phi) is 7.96. The van der Waals surface area contributed by atoms with Crippen LogP contribution in [0, 0.1) is 0 Å². The zero-order valence-corrected chi connectivity index (χ0v) is 25.2. The minimum atomic E-state index is -0.762. The maximum atomic E-state index is 14.0. The van der Waals surface area contributed by atoms with Crippen LogP contribution in [0.4, 0.5) is 0 Å². The van der Waals surface area contributed by atoms with Gasteiger partial charge >= 0.3 is 5.97 Å². The Balaban J connectivity index is 1.40. The Labute approximate surface area is 255 Å². The lowest BCUT2D eigenvalue weighted by atomic mass is 9.95. The first kappa shape index (κ1) is 28.6. The number of methoxy groups -OCH3 is 1. The highest BCUT2D eigenvalue weighted by Crippen LogP contribution is 2.38. The van der Waals surface area contributed by atoms with E-state index in [4.69, 9.17) is 35.3 Å². The van der Waals surface area contributed by atoms with Crippen LogP contribution >= 0.6 is 22.9 Å². The zero-order valence-electron chi connectivity index (χ0n) is 23.6. The van der Waals surface area contributed by atoms with Crippen molar-refractivity contribution in [1.82, 2.24) is 4.57 Å². The van der Waals surface area contributed by atoms with Gasteiger partial charge in [-0.2, -0.15) is 0 Å². The number of carbonyl (C=O) groups excluding carboxylic acids is 1. The highest BCUT2D eigenvalue weighted by molar-refractivity contribution is 7.07. The first-order valence-corrected chi connectivity index (χ1v) is 14.7. The molecular weight excluding hydrogens is 592 g/mol. The second kappa shape index (κ2) is 12.0. The second-order valence-electron chi connectivity index (χ2n) is 9.71. The van der Waals surface area contributed by atoms with Gasteiger partial charge in [-0.05, 0) is 61.4 Å². The third-order valence-corrected chi connectivity index (χ3v) is 8.41. The Morgan fingerprint density at radius 3 is 2.72 bits per heavy atom. The van der Waals surface area contributed by atoms with E-state index in [1.54, 1.807) is 51.3 Å². The quantitative estimate of drug-likeness (QED) is 0.263. The van der Waals surface area contributed by atoms with Gasteiger partial charge in [-0.15, -0.1) is 0 Å². The molecule has 220 valence electrons. The van der Waals surface area contributed by atoms with E-state index in [1.807, 2.05) is 36.4 Å². The van der Waals surface area contributed by atoms with Crippen LogP contribution in [0.2, 0.25) is 5.02 Å². The molecule has 2 aliphatic rings. The van der Waals surface area contributed by atoms with Crippen LogP contribution in [0.25, 0.3) is 6.08 Å².